The molecular weight excluding hydrogens is 330 g/mol. The van der Waals surface area contributed by atoms with Gasteiger partial charge in [-0.15, -0.1) is 0 Å². The molecule has 0 saturated carbocycles. The summed E-state index contributed by atoms with van der Waals surface area (Å²) in [5.74, 6) is 0.994. The molecule has 0 spiro atoms. The van der Waals surface area contributed by atoms with Gasteiger partial charge in [0.05, 0.1) is 0 Å². The van der Waals surface area contributed by atoms with Gasteiger partial charge in [0.25, 0.3) is 5.91 Å². The monoisotopic (exact) mass is 353 g/mol. The first-order chi connectivity index (χ1) is 12.5. The molecule has 3 rings (SSSR count). The molecule has 2 heterocycles. The van der Waals surface area contributed by atoms with Crippen molar-refractivity contribution in [2.24, 2.45) is 0 Å². The Bertz CT molecular complexity index is 829. The zero-order chi connectivity index (χ0) is 18.7. The molecule has 0 radical (unpaired) electrons. The lowest BCUT2D eigenvalue weighted by Gasteiger charge is -2.32. The minimum absolute atomic E-state index is 0.135. The SMILES string of the molecule is Cc1nc(Nc2ccc(C)c(C)c2)cc(C(=O)N2CCN(C=O)CC2)n1. The summed E-state index contributed by atoms with van der Waals surface area (Å²) in [6, 6.07) is 7.76. The van der Waals surface area contributed by atoms with E-state index in [0.717, 1.165) is 12.1 Å². The van der Waals surface area contributed by atoms with Crippen LogP contribution in [0.2, 0.25) is 0 Å². The van der Waals surface area contributed by atoms with E-state index in [4.69, 9.17) is 0 Å². The molecule has 0 bridgehead atoms. The van der Waals surface area contributed by atoms with Crippen molar-refractivity contribution in [2.75, 3.05) is 31.5 Å². The van der Waals surface area contributed by atoms with Gasteiger partial charge >= 0.3 is 0 Å². The van der Waals surface area contributed by atoms with Gasteiger partial charge in [-0.3, -0.25) is 9.59 Å². The van der Waals surface area contributed by atoms with E-state index in [-0.39, 0.29) is 5.91 Å². The van der Waals surface area contributed by atoms with Crippen LogP contribution in [0.3, 0.4) is 0 Å². The number of aryl methyl sites for hydroxylation is 3. The number of benzene rings is 1. The fourth-order valence-electron chi connectivity index (χ4n) is 2.90. The number of nitrogens with one attached hydrogen (secondary N) is 1. The van der Waals surface area contributed by atoms with Gasteiger partial charge in [0, 0.05) is 37.9 Å². The molecule has 1 N–H and O–H groups in total. The Morgan fingerprint density at radius 2 is 1.77 bits per heavy atom. The highest BCUT2D eigenvalue weighted by Crippen LogP contribution is 2.19. The molecule has 1 aliphatic heterocycles. The maximum atomic E-state index is 12.8. The smallest absolute Gasteiger partial charge is 0.272 e. The van der Waals surface area contributed by atoms with Crippen LogP contribution >= 0.6 is 0 Å². The summed E-state index contributed by atoms with van der Waals surface area (Å²) < 4.78 is 0. The normalized spacial score (nSPS) is 14.3. The standard InChI is InChI=1S/C19H23N5O2/c1-13-4-5-16(10-14(13)2)22-18-11-17(20-15(3)21-18)19(26)24-8-6-23(12-25)7-9-24/h4-5,10-12H,6-9H2,1-3H3,(H,20,21,22). The second kappa shape index (κ2) is 7.51. The Labute approximate surface area is 153 Å². The van der Waals surface area contributed by atoms with Gasteiger partial charge in [0.1, 0.15) is 17.3 Å². The van der Waals surface area contributed by atoms with Crippen LogP contribution in [0.15, 0.2) is 24.3 Å². The highest BCUT2D eigenvalue weighted by molar-refractivity contribution is 5.93. The number of piperazine rings is 1. The first-order valence-corrected chi connectivity index (χ1v) is 8.65. The lowest BCUT2D eigenvalue weighted by Crippen LogP contribution is -2.48. The van der Waals surface area contributed by atoms with Crippen LogP contribution in [0, 0.1) is 20.8 Å². The van der Waals surface area contributed by atoms with Gasteiger partial charge < -0.3 is 15.1 Å². The van der Waals surface area contributed by atoms with Crippen molar-refractivity contribution in [1.82, 2.24) is 19.8 Å². The third-order valence-corrected chi connectivity index (χ3v) is 4.59. The fourth-order valence-corrected chi connectivity index (χ4v) is 2.90. The molecule has 26 heavy (non-hydrogen) atoms. The van der Waals surface area contributed by atoms with E-state index >= 15 is 0 Å². The molecule has 1 fully saturated rings. The van der Waals surface area contributed by atoms with E-state index in [9.17, 15) is 9.59 Å². The summed E-state index contributed by atoms with van der Waals surface area (Å²) in [5.41, 5.74) is 3.69. The van der Waals surface area contributed by atoms with Crippen molar-refractivity contribution in [1.29, 1.82) is 0 Å². The van der Waals surface area contributed by atoms with Crippen LogP contribution in [0.5, 0.6) is 0 Å². The zero-order valence-corrected chi connectivity index (χ0v) is 15.3. The summed E-state index contributed by atoms with van der Waals surface area (Å²) in [6.07, 6.45) is 0.822. The highest BCUT2D eigenvalue weighted by Gasteiger charge is 2.23. The number of hydrogen-bond donors (Lipinski definition) is 1. The molecule has 0 unspecified atom stereocenters. The number of nitrogens with zero attached hydrogens (tertiary/aromatic N) is 4. The van der Waals surface area contributed by atoms with Crippen LogP contribution in [0.1, 0.15) is 27.4 Å². The van der Waals surface area contributed by atoms with Gasteiger partial charge in [0.2, 0.25) is 6.41 Å². The highest BCUT2D eigenvalue weighted by atomic mass is 16.2. The second-order valence-electron chi connectivity index (χ2n) is 6.54. The van der Waals surface area contributed by atoms with E-state index in [1.807, 2.05) is 18.2 Å². The summed E-state index contributed by atoms with van der Waals surface area (Å²) in [6.45, 7) is 8.02. The maximum Gasteiger partial charge on any atom is 0.272 e. The average molecular weight is 353 g/mol. The van der Waals surface area contributed by atoms with E-state index in [1.54, 1.807) is 22.8 Å². The first-order valence-electron chi connectivity index (χ1n) is 8.65. The Morgan fingerprint density at radius 1 is 1.04 bits per heavy atom. The molecule has 0 atom stereocenters. The fraction of sp³-hybridized carbons (Fsp3) is 0.368. The van der Waals surface area contributed by atoms with Crippen molar-refractivity contribution in [3.63, 3.8) is 0 Å². The third kappa shape index (κ3) is 3.99. The molecule has 1 aromatic heterocycles. The lowest BCUT2D eigenvalue weighted by atomic mass is 10.1. The van der Waals surface area contributed by atoms with Crippen molar-refractivity contribution in [3.8, 4) is 0 Å². The second-order valence-corrected chi connectivity index (χ2v) is 6.54. The van der Waals surface area contributed by atoms with E-state index < -0.39 is 0 Å². The minimum atomic E-state index is -0.135. The van der Waals surface area contributed by atoms with Gasteiger partial charge in [-0.05, 0) is 44.0 Å². The summed E-state index contributed by atoms with van der Waals surface area (Å²) >= 11 is 0. The number of aromatic nitrogens is 2. The number of carbonyl (C=O) groups excluding carboxylic acids is 2. The molecule has 7 heteroatoms. The minimum Gasteiger partial charge on any atom is -0.342 e. The lowest BCUT2D eigenvalue weighted by molar-refractivity contribution is -0.119. The quantitative estimate of drug-likeness (QED) is 0.851. The molecule has 1 aliphatic rings. The summed E-state index contributed by atoms with van der Waals surface area (Å²) in [7, 11) is 0. The Balaban J connectivity index is 1.77. The summed E-state index contributed by atoms with van der Waals surface area (Å²) in [4.78, 5) is 35.6. The molecule has 1 saturated heterocycles. The molecule has 0 aliphatic carbocycles. The first kappa shape index (κ1) is 17.8. The third-order valence-electron chi connectivity index (χ3n) is 4.59. The number of anilines is 2. The molecule has 1 aromatic carbocycles. The molecule has 2 amide bonds. The number of amides is 2. The molecule has 2 aromatic rings. The van der Waals surface area contributed by atoms with Gasteiger partial charge in [-0.25, -0.2) is 9.97 Å². The Morgan fingerprint density at radius 3 is 2.42 bits per heavy atom. The molecule has 7 nitrogen and oxygen atoms in total. The van der Waals surface area contributed by atoms with E-state index in [0.29, 0.717) is 43.5 Å². The average Bonchev–Trinajstić information content (AvgIpc) is 2.64. The van der Waals surface area contributed by atoms with Crippen molar-refractivity contribution in [2.45, 2.75) is 20.8 Å². The van der Waals surface area contributed by atoms with Gasteiger partial charge in [0.15, 0.2) is 0 Å². The van der Waals surface area contributed by atoms with Crippen molar-refractivity contribution < 1.29 is 9.59 Å². The van der Waals surface area contributed by atoms with Crippen LogP contribution in [0.25, 0.3) is 0 Å². The largest absolute Gasteiger partial charge is 0.342 e. The van der Waals surface area contributed by atoms with Crippen LogP contribution < -0.4 is 5.32 Å². The predicted octanol–water partition coefficient (Wildman–Crippen LogP) is 2.06. The van der Waals surface area contributed by atoms with Crippen molar-refractivity contribution >= 4 is 23.8 Å². The number of hydrogen-bond acceptors (Lipinski definition) is 5. The zero-order valence-electron chi connectivity index (χ0n) is 15.3. The number of rotatable bonds is 4. The molecule has 136 valence electrons. The topological polar surface area (TPSA) is 78.4 Å². The maximum absolute atomic E-state index is 12.8. The van der Waals surface area contributed by atoms with E-state index in [2.05, 4.69) is 29.1 Å². The van der Waals surface area contributed by atoms with Crippen molar-refractivity contribution in [3.05, 3.63) is 46.9 Å². The van der Waals surface area contributed by atoms with Gasteiger partial charge in [-0.2, -0.15) is 0 Å². The summed E-state index contributed by atoms with van der Waals surface area (Å²) in [5, 5.41) is 3.25. The van der Waals surface area contributed by atoms with Crippen LogP contribution in [-0.2, 0) is 4.79 Å². The Kier molecular flexibility index (Phi) is 5.16. The Hall–Kier alpha value is -2.96. The van der Waals surface area contributed by atoms with E-state index in [1.165, 1.54) is 11.1 Å². The van der Waals surface area contributed by atoms with Gasteiger partial charge in [-0.1, -0.05) is 6.07 Å². The van der Waals surface area contributed by atoms with Crippen LogP contribution in [-0.4, -0.2) is 58.3 Å². The number of carbonyl (C=O) groups is 2. The predicted molar refractivity (Wildman–Crippen MR) is 99.5 cm³/mol. The molecular formula is C19H23N5O2. The van der Waals surface area contributed by atoms with Crippen LogP contribution in [0.4, 0.5) is 11.5 Å².